The first kappa shape index (κ1) is 20.4. The zero-order valence-electron chi connectivity index (χ0n) is 18.5. The molecule has 2 N–H and O–H groups in total. The second-order valence-electron chi connectivity index (χ2n) is 8.78. The van der Waals surface area contributed by atoms with E-state index in [1.807, 2.05) is 62.4 Å². The van der Waals surface area contributed by atoms with Crippen LogP contribution in [0, 0.1) is 0 Å². The minimum absolute atomic E-state index is 0.0466. The van der Waals surface area contributed by atoms with E-state index < -0.39 is 0 Å². The minimum atomic E-state index is -0.277. The molecule has 3 aromatic rings. The quantitative estimate of drug-likeness (QED) is 0.505. The molecule has 0 amide bonds. The molecule has 0 fully saturated rings. The molecule has 4 nitrogen and oxygen atoms in total. The molecule has 4 heteroatoms. The van der Waals surface area contributed by atoms with Gasteiger partial charge in [-0.2, -0.15) is 0 Å². The molecule has 0 saturated carbocycles. The van der Waals surface area contributed by atoms with Gasteiger partial charge in [-0.3, -0.25) is 4.79 Å². The van der Waals surface area contributed by atoms with Crippen molar-refractivity contribution in [3.05, 3.63) is 101 Å². The lowest BCUT2D eigenvalue weighted by Gasteiger charge is -2.30. The predicted octanol–water partition coefficient (Wildman–Crippen LogP) is 6.45. The monoisotopic (exact) mass is 424 g/mol. The number of fused-ring (bicyclic) bond motifs is 1. The summed E-state index contributed by atoms with van der Waals surface area (Å²) in [5, 5.41) is 7.26. The average molecular weight is 425 g/mol. The van der Waals surface area contributed by atoms with Crippen LogP contribution in [0.2, 0.25) is 0 Å². The number of rotatable bonds is 4. The van der Waals surface area contributed by atoms with Gasteiger partial charge in [0.1, 0.15) is 5.75 Å². The Labute approximate surface area is 189 Å². The Morgan fingerprint density at radius 1 is 0.844 bits per heavy atom. The lowest BCUT2D eigenvalue weighted by Crippen LogP contribution is -2.27. The topological polar surface area (TPSA) is 50.4 Å². The smallest absolute Gasteiger partial charge is 0.163 e. The summed E-state index contributed by atoms with van der Waals surface area (Å²) in [6.45, 7) is 4.05. The van der Waals surface area contributed by atoms with E-state index >= 15 is 0 Å². The van der Waals surface area contributed by atoms with Crippen molar-refractivity contribution in [1.29, 1.82) is 0 Å². The first-order chi connectivity index (χ1) is 15.6. The van der Waals surface area contributed by atoms with E-state index in [1.54, 1.807) is 0 Å². The van der Waals surface area contributed by atoms with E-state index in [-0.39, 0.29) is 23.8 Å². The maximum absolute atomic E-state index is 13.7. The number of nitrogens with one attached hydrogen (secondary N) is 2. The van der Waals surface area contributed by atoms with Crippen molar-refractivity contribution in [3.63, 3.8) is 0 Å². The number of hydrogen-bond donors (Lipinski definition) is 2. The van der Waals surface area contributed by atoms with Crippen molar-refractivity contribution in [1.82, 2.24) is 0 Å². The molecule has 0 unspecified atom stereocenters. The van der Waals surface area contributed by atoms with Crippen LogP contribution in [0.5, 0.6) is 5.75 Å². The molecule has 2 aliphatic rings. The van der Waals surface area contributed by atoms with Gasteiger partial charge in [-0.1, -0.05) is 60.7 Å². The lowest BCUT2D eigenvalue weighted by atomic mass is 9.78. The second-order valence-corrected chi connectivity index (χ2v) is 8.78. The SMILES string of the molecule is CC(C)Oc1ccccc1[C@H]1Nc2ccccc2NC2=C1C(=O)C[C@H](c1ccccc1)C2. The Kier molecular flexibility index (Phi) is 5.44. The maximum Gasteiger partial charge on any atom is 0.163 e. The van der Waals surface area contributed by atoms with E-state index in [4.69, 9.17) is 4.74 Å². The van der Waals surface area contributed by atoms with Crippen LogP contribution in [0.3, 0.4) is 0 Å². The molecular weight excluding hydrogens is 396 g/mol. The van der Waals surface area contributed by atoms with Crippen molar-refractivity contribution >= 4 is 17.2 Å². The molecule has 1 aliphatic carbocycles. The maximum atomic E-state index is 13.7. The molecule has 0 radical (unpaired) electrons. The number of anilines is 2. The number of ketones is 1. The Hall–Kier alpha value is -3.53. The van der Waals surface area contributed by atoms with Gasteiger partial charge < -0.3 is 15.4 Å². The fourth-order valence-corrected chi connectivity index (χ4v) is 4.77. The van der Waals surface area contributed by atoms with Crippen LogP contribution in [-0.2, 0) is 4.79 Å². The standard InChI is InChI=1S/C28H28N2O2/c1-18(2)32-26-15-9-6-12-21(26)28-27-24(29-22-13-7-8-14-23(22)30-28)16-20(17-25(27)31)19-10-4-3-5-11-19/h3-15,18,20,28-30H,16-17H2,1-2H3/t20-,28-/m1/s1. The zero-order chi connectivity index (χ0) is 22.1. The largest absolute Gasteiger partial charge is 0.491 e. The Bertz CT molecular complexity index is 1170. The molecule has 3 aromatic carbocycles. The second kappa shape index (κ2) is 8.54. The van der Waals surface area contributed by atoms with Crippen LogP contribution < -0.4 is 15.4 Å². The van der Waals surface area contributed by atoms with Gasteiger partial charge in [-0.15, -0.1) is 0 Å². The Morgan fingerprint density at radius 3 is 2.31 bits per heavy atom. The van der Waals surface area contributed by atoms with Gasteiger partial charge in [-0.25, -0.2) is 0 Å². The summed E-state index contributed by atoms with van der Waals surface area (Å²) in [7, 11) is 0. The van der Waals surface area contributed by atoms with E-state index in [0.717, 1.165) is 40.4 Å². The number of hydrogen-bond acceptors (Lipinski definition) is 4. The molecule has 0 spiro atoms. The minimum Gasteiger partial charge on any atom is -0.491 e. The summed E-state index contributed by atoms with van der Waals surface area (Å²) in [4.78, 5) is 13.7. The van der Waals surface area contributed by atoms with E-state index in [0.29, 0.717) is 6.42 Å². The van der Waals surface area contributed by atoms with Crippen molar-refractivity contribution in [2.24, 2.45) is 0 Å². The number of para-hydroxylation sites is 3. The molecular formula is C28H28N2O2. The summed E-state index contributed by atoms with van der Waals surface area (Å²) in [5.74, 6) is 1.16. The molecule has 0 aromatic heterocycles. The molecule has 0 bridgehead atoms. The number of ether oxygens (including phenoxy) is 1. The van der Waals surface area contributed by atoms with Crippen LogP contribution in [0.25, 0.3) is 0 Å². The van der Waals surface area contributed by atoms with Crippen LogP contribution in [0.1, 0.15) is 49.8 Å². The molecule has 1 aliphatic heterocycles. The normalized spacial score (nSPS) is 20.0. The fraction of sp³-hybridized carbons (Fsp3) is 0.250. The van der Waals surface area contributed by atoms with Gasteiger partial charge >= 0.3 is 0 Å². The van der Waals surface area contributed by atoms with Crippen LogP contribution in [0.15, 0.2) is 90.1 Å². The number of benzene rings is 3. The highest BCUT2D eigenvalue weighted by molar-refractivity contribution is 6.01. The summed E-state index contributed by atoms with van der Waals surface area (Å²) in [6.07, 6.45) is 1.35. The average Bonchev–Trinajstić information content (AvgIpc) is 2.96. The third-order valence-corrected chi connectivity index (χ3v) is 6.17. The van der Waals surface area contributed by atoms with Crippen molar-refractivity contribution in [2.45, 2.75) is 44.8 Å². The highest BCUT2D eigenvalue weighted by atomic mass is 16.5. The number of Topliss-reactive ketones (excluding diaryl/α,β-unsaturated/α-hetero) is 1. The Balaban J connectivity index is 1.63. The van der Waals surface area contributed by atoms with E-state index in [1.165, 1.54) is 5.56 Å². The van der Waals surface area contributed by atoms with Crippen LogP contribution in [-0.4, -0.2) is 11.9 Å². The predicted molar refractivity (Wildman–Crippen MR) is 129 cm³/mol. The highest BCUT2D eigenvalue weighted by Crippen LogP contribution is 2.45. The van der Waals surface area contributed by atoms with Gasteiger partial charge in [0.2, 0.25) is 0 Å². The number of allylic oxidation sites excluding steroid dienone is 1. The number of carbonyl (C=O) groups excluding carboxylic acids is 1. The van der Waals surface area contributed by atoms with Crippen molar-refractivity contribution in [3.8, 4) is 5.75 Å². The molecule has 2 atom stereocenters. The third-order valence-electron chi connectivity index (χ3n) is 6.17. The van der Waals surface area contributed by atoms with Gasteiger partial charge in [0.15, 0.2) is 5.78 Å². The molecule has 5 rings (SSSR count). The highest BCUT2D eigenvalue weighted by Gasteiger charge is 2.37. The van der Waals surface area contributed by atoms with Gasteiger partial charge in [0.05, 0.1) is 23.5 Å². The fourth-order valence-electron chi connectivity index (χ4n) is 4.77. The van der Waals surface area contributed by atoms with Gasteiger partial charge in [0, 0.05) is 23.3 Å². The molecule has 162 valence electrons. The van der Waals surface area contributed by atoms with E-state index in [2.05, 4.69) is 41.0 Å². The summed E-state index contributed by atoms with van der Waals surface area (Å²) in [6, 6.07) is 26.3. The van der Waals surface area contributed by atoms with Crippen LogP contribution >= 0.6 is 0 Å². The Morgan fingerprint density at radius 2 is 1.53 bits per heavy atom. The van der Waals surface area contributed by atoms with Gasteiger partial charge in [-0.05, 0) is 49.9 Å². The first-order valence-electron chi connectivity index (χ1n) is 11.3. The summed E-state index contributed by atoms with van der Waals surface area (Å²) < 4.78 is 6.14. The first-order valence-corrected chi connectivity index (χ1v) is 11.3. The molecule has 1 heterocycles. The van der Waals surface area contributed by atoms with Gasteiger partial charge in [0.25, 0.3) is 0 Å². The van der Waals surface area contributed by atoms with E-state index in [9.17, 15) is 4.79 Å². The van der Waals surface area contributed by atoms with Crippen molar-refractivity contribution < 1.29 is 9.53 Å². The third kappa shape index (κ3) is 3.89. The number of carbonyl (C=O) groups is 1. The lowest BCUT2D eigenvalue weighted by molar-refractivity contribution is -0.116. The van der Waals surface area contributed by atoms with Crippen LogP contribution in [0.4, 0.5) is 11.4 Å². The molecule has 0 saturated heterocycles. The molecule has 32 heavy (non-hydrogen) atoms. The summed E-state index contributed by atoms with van der Waals surface area (Å²) >= 11 is 0. The van der Waals surface area contributed by atoms with Crippen molar-refractivity contribution in [2.75, 3.05) is 10.6 Å². The zero-order valence-corrected chi connectivity index (χ0v) is 18.5. The summed E-state index contributed by atoms with van der Waals surface area (Å²) in [5.41, 5.74) is 5.98.